The van der Waals surface area contributed by atoms with Crippen molar-refractivity contribution in [2.45, 2.75) is 32.6 Å². The Morgan fingerprint density at radius 3 is 3.13 bits per heavy atom. The Morgan fingerprint density at radius 1 is 1.48 bits per heavy atom. The van der Waals surface area contributed by atoms with Crippen molar-refractivity contribution < 1.29 is 9.59 Å². The molecule has 23 heavy (non-hydrogen) atoms. The highest BCUT2D eigenvalue weighted by atomic mass is 32.1. The van der Waals surface area contributed by atoms with Gasteiger partial charge in [-0.3, -0.25) is 14.0 Å². The number of thiazole rings is 1. The molecule has 3 heterocycles. The van der Waals surface area contributed by atoms with Crippen LogP contribution in [0.4, 0.5) is 0 Å². The molecule has 0 aromatic carbocycles. The topological polar surface area (TPSA) is 66.7 Å². The lowest BCUT2D eigenvalue weighted by Gasteiger charge is -2.32. The maximum Gasteiger partial charge on any atom is 0.228 e. The van der Waals surface area contributed by atoms with Gasteiger partial charge in [-0.15, -0.1) is 11.3 Å². The lowest BCUT2D eigenvalue weighted by molar-refractivity contribution is -0.135. The van der Waals surface area contributed by atoms with E-state index in [2.05, 4.69) is 10.3 Å². The molecule has 124 valence electrons. The first-order chi connectivity index (χ1) is 11.2. The molecule has 2 aromatic rings. The fourth-order valence-corrected chi connectivity index (χ4v) is 3.66. The molecule has 1 fully saturated rings. The second kappa shape index (κ2) is 7.12. The van der Waals surface area contributed by atoms with E-state index < -0.39 is 0 Å². The largest absolute Gasteiger partial charge is 0.356 e. The number of likely N-dealkylation sites (tertiary alicyclic amines) is 1. The monoisotopic (exact) mass is 334 g/mol. The minimum absolute atomic E-state index is 0.0590. The fraction of sp³-hybridized carbons (Fsp3) is 0.562. The number of piperidine rings is 1. The molecule has 0 aliphatic carbocycles. The minimum atomic E-state index is -0.0789. The van der Waals surface area contributed by atoms with Crippen molar-refractivity contribution in [3.05, 3.63) is 23.5 Å². The molecule has 6 nitrogen and oxygen atoms in total. The van der Waals surface area contributed by atoms with Crippen molar-refractivity contribution in [3.8, 4) is 0 Å². The Morgan fingerprint density at radius 2 is 2.35 bits per heavy atom. The standard InChI is InChI=1S/C16H22N4O2S/c1-2-5-17-15(22)12-4-3-6-19(10-12)14(21)9-13-11-20-7-8-23-16(20)18-13/h7-8,11-12H,2-6,9-10H2,1H3,(H,17,22)/t12-/m0/s1. The molecule has 0 radical (unpaired) electrons. The lowest BCUT2D eigenvalue weighted by atomic mass is 9.96. The molecule has 1 aliphatic rings. The van der Waals surface area contributed by atoms with Crippen LogP contribution in [0.15, 0.2) is 17.8 Å². The van der Waals surface area contributed by atoms with Crippen molar-refractivity contribution in [3.63, 3.8) is 0 Å². The number of fused-ring (bicyclic) bond motifs is 1. The molecule has 1 saturated heterocycles. The van der Waals surface area contributed by atoms with Crippen LogP contribution >= 0.6 is 11.3 Å². The van der Waals surface area contributed by atoms with Gasteiger partial charge in [-0.2, -0.15) is 0 Å². The van der Waals surface area contributed by atoms with E-state index >= 15 is 0 Å². The summed E-state index contributed by atoms with van der Waals surface area (Å²) in [4.78, 5) is 31.8. The molecule has 1 aliphatic heterocycles. The van der Waals surface area contributed by atoms with Crippen LogP contribution in [0.25, 0.3) is 4.96 Å². The summed E-state index contributed by atoms with van der Waals surface area (Å²) in [6.07, 6.45) is 6.82. The molecular weight excluding hydrogens is 312 g/mol. The fourth-order valence-electron chi connectivity index (χ4n) is 2.94. The van der Waals surface area contributed by atoms with Crippen LogP contribution < -0.4 is 5.32 Å². The van der Waals surface area contributed by atoms with Crippen LogP contribution in [-0.2, 0) is 16.0 Å². The third kappa shape index (κ3) is 3.72. The van der Waals surface area contributed by atoms with Crippen LogP contribution in [0, 0.1) is 5.92 Å². The molecule has 0 spiro atoms. The highest BCUT2D eigenvalue weighted by Gasteiger charge is 2.28. The zero-order valence-electron chi connectivity index (χ0n) is 13.3. The van der Waals surface area contributed by atoms with Gasteiger partial charge in [0, 0.05) is 37.4 Å². The summed E-state index contributed by atoms with van der Waals surface area (Å²) in [5.74, 6) is 0.0559. The number of nitrogens with zero attached hydrogens (tertiary/aromatic N) is 3. The van der Waals surface area contributed by atoms with Gasteiger partial charge in [-0.05, 0) is 19.3 Å². The van der Waals surface area contributed by atoms with Crippen molar-refractivity contribution >= 4 is 28.1 Å². The normalized spacial score (nSPS) is 18.3. The van der Waals surface area contributed by atoms with Crippen LogP contribution in [0.1, 0.15) is 31.9 Å². The average molecular weight is 334 g/mol. The summed E-state index contributed by atoms with van der Waals surface area (Å²) >= 11 is 1.56. The Kier molecular flexibility index (Phi) is 4.95. The first kappa shape index (κ1) is 16.0. The maximum atomic E-state index is 12.5. The predicted octanol–water partition coefficient (Wildman–Crippen LogP) is 1.70. The van der Waals surface area contributed by atoms with E-state index in [0.717, 1.165) is 36.5 Å². The number of rotatable bonds is 5. The molecular formula is C16H22N4O2S. The van der Waals surface area contributed by atoms with Gasteiger partial charge in [0.05, 0.1) is 18.0 Å². The SMILES string of the molecule is CCCNC(=O)[C@H]1CCCN(C(=O)Cc2cn3ccsc3n2)C1. The third-order valence-electron chi connectivity index (χ3n) is 4.17. The molecule has 7 heteroatoms. The van der Waals surface area contributed by atoms with E-state index in [9.17, 15) is 9.59 Å². The zero-order valence-corrected chi connectivity index (χ0v) is 14.1. The number of aromatic nitrogens is 2. The smallest absolute Gasteiger partial charge is 0.228 e. The second-order valence-corrected chi connectivity index (χ2v) is 6.84. The van der Waals surface area contributed by atoms with Crippen LogP contribution in [0.2, 0.25) is 0 Å². The summed E-state index contributed by atoms with van der Waals surface area (Å²) in [5.41, 5.74) is 0.791. The van der Waals surface area contributed by atoms with Crippen LogP contribution in [-0.4, -0.2) is 45.7 Å². The summed E-state index contributed by atoms with van der Waals surface area (Å²) in [5, 5.41) is 4.90. The Balaban J connectivity index is 1.58. The number of nitrogens with one attached hydrogen (secondary N) is 1. The van der Waals surface area contributed by atoms with E-state index in [1.54, 1.807) is 11.3 Å². The number of hydrogen-bond acceptors (Lipinski definition) is 4. The van der Waals surface area contributed by atoms with E-state index in [4.69, 9.17) is 0 Å². The molecule has 0 unspecified atom stereocenters. The molecule has 0 bridgehead atoms. The maximum absolute atomic E-state index is 12.5. The number of hydrogen-bond donors (Lipinski definition) is 1. The predicted molar refractivity (Wildman–Crippen MR) is 89.4 cm³/mol. The highest BCUT2D eigenvalue weighted by molar-refractivity contribution is 7.15. The van der Waals surface area contributed by atoms with Gasteiger partial charge in [0.15, 0.2) is 4.96 Å². The molecule has 0 saturated carbocycles. The van der Waals surface area contributed by atoms with E-state index in [-0.39, 0.29) is 17.7 Å². The third-order valence-corrected chi connectivity index (χ3v) is 4.94. The number of imidazole rings is 1. The van der Waals surface area contributed by atoms with Gasteiger partial charge in [0.2, 0.25) is 11.8 Å². The molecule has 1 N–H and O–H groups in total. The molecule has 2 aromatic heterocycles. The Labute approximate surface area is 139 Å². The van der Waals surface area contributed by atoms with Gasteiger partial charge in [-0.1, -0.05) is 6.92 Å². The molecule has 3 rings (SSSR count). The Bertz CT molecular complexity index is 665. The average Bonchev–Trinajstić information content (AvgIpc) is 3.14. The zero-order chi connectivity index (χ0) is 16.2. The second-order valence-electron chi connectivity index (χ2n) is 5.97. The van der Waals surface area contributed by atoms with Gasteiger partial charge < -0.3 is 10.2 Å². The van der Waals surface area contributed by atoms with Gasteiger partial charge in [0.1, 0.15) is 0 Å². The van der Waals surface area contributed by atoms with Crippen LogP contribution in [0.5, 0.6) is 0 Å². The lowest BCUT2D eigenvalue weighted by Crippen LogP contribution is -2.46. The van der Waals surface area contributed by atoms with Crippen molar-refractivity contribution in [1.82, 2.24) is 19.6 Å². The van der Waals surface area contributed by atoms with Crippen molar-refractivity contribution in [2.75, 3.05) is 19.6 Å². The molecule has 2 amide bonds. The summed E-state index contributed by atoms with van der Waals surface area (Å²) in [7, 11) is 0. The van der Waals surface area contributed by atoms with Crippen molar-refractivity contribution in [2.24, 2.45) is 5.92 Å². The summed E-state index contributed by atoms with van der Waals surface area (Å²) in [6, 6.07) is 0. The van der Waals surface area contributed by atoms with E-state index in [1.165, 1.54) is 0 Å². The van der Waals surface area contributed by atoms with E-state index in [0.29, 0.717) is 19.5 Å². The van der Waals surface area contributed by atoms with Crippen LogP contribution in [0.3, 0.4) is 0 Å². The minimum Gasteiger partial charge on any atom is -0.356 e. The Hall–Kier alpha value is -1.89. The van der Waals surface area contributed by atoms with Gasteiger partial charge in [0.25, 0.3) is 0 Å². The number of carbonyl (C=O) groups excluding carboxylic acids is 2. The summed E-state index contributed by atoms with van der Waals surface area (Å²) in [6.45, 7) is 4.00. The quantitative estimate of drug-likeness (QED) is 0.905. The van der Waals surface area contributed by atoms with Gasteiger partial charge in [-0.25, -0.2) is 4.98 Å². The number of amides is 2. The van der Waals surface area contributed by atoms with E-state index in [1.807, 2.05) is 34.0 Å². The number of carbonyl (C=O) groups is 2. The van der Waals surface area contributed by atoms with Gasteiger partial charge >= 0.3 is 0 Å². The first-order valence-electron chi connectivity index (χ1n) is 8.14. The summed E-state index contributed by atoms with van der Waals surface area (Å²) < 4.78 is 1.94. The first-order valence-corrected chi connectivity index (χ1v) is 9.02. The van der Waals surface area contributed by atoms with Crippen molar-refractivity contribution in [1.29, 1.82) is 0 Å². The molecule has 1 atom stereocenters. The highest BCUT2D eigenvalue weighted by Crippen LogP contribution is 2.18.